The highest BCUT2D eigenvalue weighted by Gasteiger charge is 2.22. The summed E-state index contributed by atoms with van der Waals surface area (Å²) in [6.07, 6.45) is 7.76. The van der Waals surface area contributed by atoms with Gasteiger partial charge in [0.25, 0.3) is 5.91 Å². The number of hydrogen-bond acceptors (Lipinski definition) is 7. The molecule has 0 unspecified atom stereocenters. The van der Waals surface area contributed by atoms with E-state index in [1.54, 1.807) is 19.4 Å². The molecule has 4 heterocycles. The average molecular weight is 452 g/mol. The van der Waals surface area contributed by atoms with Crippen molar-refractivity contribution in [3.63, 3.8) is 0 Å². The highest BCUT2D eigenvalue weighted by molar-refractivity contribution is 7.23. The summed E-state index contributed by atoms with van der Waals surface area (Å²) < 4.78 is 6.62. The molecule has 0 aliphatic carbocycles. The number of rotatable bonds is 5. The predicted octanol–water partition coefficient (Wildman–Crippen LogP) is 4.85. The van der Waals surface area contributed by atoms with Crippen LogP contribution in [-0.2, 0) is 0 Å². The number of fused-ring (bicyclic) bond motifs is 1. The van der Waals surface area contributed by atoms with Crippen molar-refractivity contribution in [2.24, 2.45) is 0 Å². The molecule has 8 heteroatoms. The molecule has 2 fully saturated rings. The first-order chi connectivity index (χ1) is 15.7. The van der Waals surface area contributed by atoms with Gasteiger partial charge in [0.05, 0.1) is 17.5 Å². The van der Waals surface area contributed by atoms with Gasteiger partial charge >= 0.3 is 0 Å². The van der Waals surface area contributed by atoms with Crippen LogP contribution in [0.15, 0.2) is 24.4 Å². The van der Waals surface area contributed by atoms with Crippen LogP contribution in [0.3, 0.4) is 0 Å². The molecule has 5 rings (SSSR count). The minimum Gasteiger partial charge on any atom is -0.494 e. The number of thiazole rings is 1. The summed E-state index contributed by atoms with van der Waals surface area (Å²) in [6.45, 7) is 6.07. The number of amides is 1. The molecular weight excluding hydrogens is 422 g/mol. The van der Waals surface area contributed by atoms with Crippen LogP contribution in [0.2, 0.25) is 0 Å². The third-order valence-corrected chi connectivity index (χ3v) is 7.44. The Bertz CT molecular complexity index is 1130. The molecule has 0 spiro atoms. The Hall–Kier alpha value is -2.87. The molecule has 2 aromatic heterocycles. The zero-order chi connectivity index (χ0) is 22.1. The van der Waals surface area contributed by atoms with E-state index in [1.807, 2.05) is 13.0 Å². The van der Waals surface area contributed by atoms with Crippen LogP contribution >= 0.6 is 11.3 Å². The number of carbonyl (C=O) groups is 1. The summed E-state index contributed by atoms with van der Waals surface area (Å²) in [5.74, 6) is 1.49. The van der Waals surface area contributed by atoms with E-state index in [4.69, 9.17) is 9.72 Å². The van der Waals surface area contributed by atoms with E-state index in [0.717, 1.165) is 53.5 Å². The lowest BCUT2D eigenvalue weighted by Crippen LogP contribution is -2.29. The number of nitrogens with one attached hydrogen (secondary N) is 1. The van der Waals surface area contributed by atoms with Crippen molar-refractivity contribution in [2.45, 2.75) is 39.0 Å². The quantitative estimate of drug-likeness (QED) is 0.598. The molecule has 168 valence electrons. The van der Waals surface area contributed by atoms with Crippen molar-refractivity contribution >= 4 is 44.1 Å². The Morgan fingerprint density at radius 2 is 1.75 bits per heavy atom. The first-order valence-electron chi connectivity index (χ1n) is 11.4. The first kappa shape index (κ1) is 21.0. The van der Waals surface area contributed by atoms with Crippen LogP contribution in [0, 0.1) is 6.92 Å². The third-order valence-electron chi connectivity index (χ3n) is 6.45. The number of hydrogen-bond donors (Lipinski definition) is 1. The predicted molar refractivity (Wildman–Crippen MR) is 131 cm³/mol. The Kier molecular flexibility index (Phi) is 5.87. The van der Waals surface area contributed by atoms with Gasteiger partial charge in [-0.2, -0.15) is 0 Å². The first-order valence-corrected chi connectivity index (χ1v) is 12.2. The maximum Gasteiger partial charge on any atom is 0.257 e. The highest BCUT2D eigenvalue weighted by Crippen LogP contribution is 2.40. The number of benzene rings is 1. The Morgan fingerprint density at radius 1 is 1.03 bits per heavy atom. The lowest BCUT2D eigenvalue weighted by Gasteiger charge is -2.29. The maximum atomic E-state index is 13.2. The largest absolute Gasteiger partial charge is 0.494 e. The molecule has 1 aromatic carbocycles. The van der Waals surface area contributed by atoms with E-state index in [-0.39, 0.29) is 5.91 Å². The van der Waals surface area contributed by atoms with E-state index >= 15 is 0 Å². The molecule has 7 nitrogen and oxygen atoms in total. The molecule has 2 saturated heterocycles. The number of aromatic nitrogens is 2. The van der Waals surface area contributed by atoms with Crippen molar-refractivity contribution in [2.75, 3.05) is 48.4 Å². The van der Waals surface area contributed by atoms with E-state index in [1.165, 1.54) is 49.1 Å². The SMILES string of the molecule is COc1ccc(N2CCCCC2)c2sc(NC(=O)c3ccnc(N4CCCC4)c3C)nc12. The van der Waals surface area contributed by atoms with E-state index in [9.17, 15) is 4.79 Å². The molecular formula is C24H29N5O2S. The van der Waals surface area contributed by atoms with E-state index < -0.39 is 0 Å². The fourth-order valence-electron chi connectivity index (χ4n) is 4.75. The third kappa shape index (κ3) is 3.88. The van der Waals surface area contributed by atoms with Crippen molar-refractivity contribution < 1.29 is 9.53 Å². The summed E-state index contributed by atoms with van der Waals surface area (Å²) in [6, 6.07) is 5.88. The van der Waals surface area contributed by atoms with E-state index in [2.05, 4.69) is 26.2 Å². The molecule has 1 N–H and O–H groups in total. The number of methoxy groups -OCH3 is 1. The molecule has 1 amide bonds. The minimum absolute atomic E-state index is 0.150. The number of nitrogens with zero attached hydrogens (tertiary/aromatic N) is 4. The molecule has 0 saturated carbocycles. The minimum atomic E-state index is -0.150. The molecule has 0 bridgehead atoms. The zero-order valence-corrected chi connectivity index (χ0v) is 19.5. The van der Waals surface area contributed by atoms with Gasteiger partial charge in [0.1, 0.15) is 17.1 Å². The summed E-state index contributed by atoms with van der Waals surface area (Å²) in [5.41, 5.74) is 3.54. The number of anilines is 3. The monoisotopic (exact) mass is 451 g/mol. The molecule has 0 atom stereocenters. The van der Waals surface area contributed by atoms with Crippen LogP contribution in [0.4, 0.5) is 16.6 Å². The van der Waals surface area contributed by atoms with Crippen LogP contribution in [0.1, 0.15) is 48.0 Å². The Morgan fingerprint density at radius 3 is 2.50 bits per heavy atom. The lowest BCUT2D eigenvalue weighted by molar-refractivity contribution is 0.102. The fourth-order valence-corrected chi connectivity index (χ4v) is 5.77. The molecule has 0 radical (unpaired) electrons. The van der Waals surface area contributed by atoms with Gasteiger partial charge in [-0.05, 0) is 57.2 Å². The average Bonchev–Trinajstić information content (AvgIpc) is 3.49. The molecule has 32 heavy (non-hydrogen) atoms. The second-order valence-corrected chi connectivity index (χ2v) is 9.49. The van der Waals surface area contributed by atoms with Gasteiger partial charge in [0.2, 0.25) is 0 Å². The Balaban J connectivity index is 1.45. The van der Waals surface area contributed by atoms with Crippen LogP contribution in [-0.4, -0.2) is 49.2 Å². The highest BCUT2D eigenvalue weighted by atomic mass is 32.1. The number of pyridine rings is 1. The second kappa shape index (κ2) is 8.94. The smallest absolute Gasteiger partial charge is 0.257 e. The van der Waals surface area contributed by atoms with Gasteiger partial charge in [-0.15, -0.1) is 0 Å². The molecule has 2 aliphatic heterocycles. The molecule has 2 aliphatic rings. The topological polar surface area (TPSA) is 70.6 Å². The Labute approximate surface area is 192 Å². The standard InChI is InChI=1S/C24H29N5O2S/c1-16-17(10-11-25-22(16)29-14-6-7-15-29)23(30)27-24-26-20-19(31-2)9-8-18(21(20)32-24)28-12-4-3-5-13-28/h8-11H,3-7,12-15H2,1-2H3,(H,26,27,30). The molecule has 3 aromatic rings. The van der Waals surface area contributed by atoms with Gasteiger partial charge in [-0.1, -0.05) is 11.3 Å². The number of carbonyl (C=O) groups excluding carboxylic acids is 1. The summed E-state index contributed by atoms with van der Waals surface area (Å²) in [4.78, 5) is 27.2. The summed E-state index contributed by atoms with van der Waals surface area (Å²) >= 11 is 1.51. The summed E-state index contributed by atoms with van der Waals surface area (Å²) in [7, 11) is 1.66. The van der Waals surface area contributed by atoms with Crippen molar-refractivity contribution in [3.8, 4) is 5.75 Å². The van der Waals surface area contributed by atoms with Crippen LogP contribution in [0.25, 0.3) is 10.2 Å². The van der Waals surface area contributed by atoms with Crippen molar-refractivity contribution in [3.05, 3.63) is 35.5 Å². The maximum absolute atomic E-state index is 13.2. The van der Waals surface area contributed by atoms with E-state index in [0.29, 0.717) is 10.7 Å². The van der Waals surface area contributed by atoms with Gasteiger partial charge < -0.3 is 14.5 Å². The van der Waals surface area contributed by atoms with Crippen molar-refractivity contribution in [1.29, 1.82) is 0 Å². The van der Waals surface area contributed by atoms with Crippen LogP contribution < -0.4 is 19.9 Å². The number of piperidine rings is 1. The van der Waals surface area contributed by atoms with Gasteiger partial charge in [-0.3, -0.25) is 10.1 Å². The lowest BCUT2D eigenvalue weighted by atomic mass is 10.1. The van der Waals surface area contributed by atoms with Gasteiger partial charge in [-0.25, -0.2) is 9.97 Å². The fraction of sp³-hybridized carbons (Fsp3) is 0.458. The zero-order valence-electron chi connectivity index (χ0n) is 18.7. The number of ether oxygens (including phenoxy) is 1. The second-order valence-electron chi connectivity index (χ2n) is 8.49. The van der Waals surface area contributed by atoms with Crippen LogP contribution in [0.5, 0.6) is 5.75 Å². The summed E-state index contributed by atoms with van der Waals surface area (Å²) in [5, 5.41) is 3.63. The van der Waals surface area contributed by atoms with Gasteiger partial charge in [0.15, 0.2) is 5.13 Å². The van der Waals surface area contributed by atoms with Crippen molar-refractivity contribution in [1.82, 2.24) is 9.97 Å². The normalized spacial score (nSPS) is 16.6. The van der Waals surface area contributed by atoms with Gasteiger partial charge in [0, 0.05) is 43.5 Å².